The van der Waals surface area contributed by atoms with Crippen molar-refractivity contribution >= 4 is 15.7 Å². The van der Waals surface area contributed by atoms with Gasteiger partial charge in [0.1, 0.15) is 6.54 Å². The van der Waals surface area contributed by atoms with E-state index < -0.39 is 44.1 Å². The molecule has 1 aromatic carbocycles. The minimum absolute atomic E-state index is 0.0105. The van der Waals surface area contributed by atoms with Crippen LogP contribution in [0.2, 0.25) is 0 Å². The van der Waals surface area contributed by atoms with Crippen molar-refractivity contribution in [2.24, 2.45) is 0 Å². The van der Waals surface area contributed by atoms with Crippen LogP contribution in [-0.4, -0.2) is 37.4 Å². The van der Waals surface area contributed by atoms with Crippen molar-refractivity contribution in [3.63, 3.8) is 0 Å². The molecule has 0 atom stereocenters. The number of nitrogens with zero attached hydrogens (tertiary/aromatic N) is 2. The van der Waals surface area contributed by atoms with Crippen molar-refractivity contribution < 1.29 is 30.9 Å². The van der Waals surface area contributed by atoms with Gasteiger partial charge in [-0.05, 0) is 18.6 Å². The van der Waals surface area contributed by atoms with Crippen LogP contribution in [0.1, 0.15) is 5.56 Å². The zero-order valence-electron chi connectivity index (χ0n) is 10.8. The second kappa shape index (κ2) is 5.56. The first-order valence-electron chi connectivity index (χ1n) is 5.34. The van der Waals surface area contributed by atoms with Crippen LogP contribution in [0.4, 0.5) is 23.2 Å². The lowest BCUT2D eigenvalue weighted by Crippen LogP contribution is -2.35. The Balaban J connectivity index is 3.36. The number of benzene rings is 1. The average molecular weight is 330 g/mol. The van der Waals surface area contributed by atoms with Gasteiger partial charge in [-0.25, -0.2) is 8.42 Å². The summed E-state index contributed by atoms with van der Waals surface area (Å²) < 4.78 is 74.0. The van der Waals surface area contributed by atoms with Crippen molar-refractivity contribution in [1.82, 2.24) is 4.31 Å². The third kappa shape index (κ3) is 3.88. The maximum absolute atomic E-state index is 13.5. The Hall–Kier alpha value is -1.75. The summed E-state index contributed by atoms with van der Waals surface area (Å²) >= 11 is 0. The molecule has 0 fully saturated rings. The van der Waals surface area contributed by atoms with E-state index in [-0.39, 0.29) is 9.87 Å². The standard InChI is InChI=1S/C10H10F4N2O4S/c1-6-3-7(4-8(9(6)11)16(17)18)21(19,20)15(2)5-10(12,13)14/h3-4H,5H2,1-2H3. The zero-order chi connectivity index (χ0) is 16.6. The predicted molar refractivity (Wildman–Crippen MR) is 63.7 cm³/mol. The van der Waals surface area contributed by atoms with Gasteiger partial charge in [-0.2, -0.15) is 21.9 Å². The molecule has 0 heterocycles. The average Bonchev–Trinajstić information content (AvgIpc) is 2.29. The number of nitro groups is 1. The second-order valence-electron chi connectivity index (χ2n) is 4.21. The van der Waals surface area contributed by atoms with Gasteiger partial charge in [-0.3, -0.25) is 10.1 Å². The molecule has 118 valence electrons. The summed E-state index contributed by atoms with van der Waals surface area (Å²) in [6.07, 6.45) is -4.77. The molecule has 21 heavy (non-hydrogen) atoms. The molecule has 0 radical (unpaired) electrons. The summed E-state index contributed by atoms with van der Waals surface area (Å²) in [6, 6.07) is 1.13. The van der Waals surface area contributed by atoms with Crippen LogP contribution in [0.25, 0.3) is 0 Å². The van der Waals surface area contributed by atoms with E-state index >= 15 is 0 Å². The maximum Gasteiger partial charge on any atom is 0.402 e. The highest BCUT2D eigenvalue weighted by atomic mass is 32.2. The van der Waals surface area contributed by atoms with Crippen LogP contribution in [0.3, 0.4) is 0 Å². The quantitative estimate of drug-likeness (QED) is 0.482. The van der Waals surface area contributed by atoms with Crippen molar-refractivity contribution in [2.75, 3.05) is 13.6 Å². The fraction of sp³-hybridized carbons (Fsp3) is 0.400. The van der Waals surface area contributed by atoms with E-state index in [1.165, 1.54) is 0 Å². The Bertz CT molecular complexity index is 672. The Morgan fingerprint density at radius 1 is 1.33 bits per heavy atom. The number of aryl methyl sites for hydroxylation is 1. The molecular formula is C10H10F4N2O4S. The monoisotopic (exact) mass is 330 g/mol. The molecule has 6 nitrogen and oxygen atoms in total. The molecule has 1 rings (SSSR count). The van der Waals surface area contributed by atoms with Gasteiger partial charge in [-0.1, -0.05) is 0 Å². The normalized spacial score (nSPS) is 12.7. The third-order valence-electron chi connectivity index (χ3n) is 2.52. The Kier molecular flexibility index (Phi) is 4.58. The molecule has 0 unspecified atom stereocenters. The summed E-state index contributed by atoms with van der Waals surface area (Å²) in [5, 5.41) is 10.6. The number of sulfonamides is 1. The lowest BCUT2D eigenvalue weighted by molar-refractivity contribution is -0.387. The van der Waals surface area contributed by atoms with Crippen LogP contribution in [0, 0.1) is 22.9 Å². The van der Waals surface area contributed by atoms with Crippen molar-refractivity contribution in [1.29, 1.82) is 0 Å². The minimum Gasteiger partial charge on any atom is -0.258 e. The lowest BCUT2D eigenvalue weighted by Gasteiger charge is -2.19. The highest BCUT2D eigenvalue weighted by Gasteiger charge is 2.35. The molecule has 0 saturated carbocycles. The van der Waals surface area contributed by atoms with E-state index in [2.05, 4.69) is 0 Å². The fourth-order valence-corrected chi connectivity index (χ4v) is 2.78. The molecule has 0 aliphatic heterocycles. The molecule has 0 N–H and O–H groups in total. The topological polar surface area (TPSA) is 80.5 Å². The largest absolute Gasteiger partial charge is 0.402 e. The second-order valence-corrected chi connectivity index (χ2v) is 6.25. The van der Waals surface area contributed by atoms with Crippen LogP contribution in [0.5, 0.6) is 0 Å². The first-order chi connectivity index (χ1) is 9.36. The fourth-order valence-electron chi connectivity index (χ4n) is 1.52. The number of rotatable bonds is 4. The van der Waals surface area contributed by atoms with Gasteiger partial charge in [0.25, 0.3) is 0 Å². The van der Waals surface area contributed by atoms with E-state index in [0.29, 0.717) is 13.1 Å². The molecule has 0 aliphatic carbocycles. The number of halogens is 4. The number of alkyl halides is 3. The van der Waals surface area contributed by atoms with E-state index in [9.17, 15) is 36.1 Å². The van der Waals surface area contributed by atoms with E-state index in [0.717, 1.165) is 13.0 Å². The lowest BCUT2D eigenvalue weighted by atomic mass is 10.2. The van der Waals surface area contributed by atoms with Gasteiger partial charge >= 0.3 is 11.9 Å². The first kappa shape index (κ1) is 17.3. The van der Waals surface area contributed by atoms with Gasteiger partial charge in [0, 0.05) is 13.1 Å². The molecule has 0 saturated heterocycles. The third-order valence-corrected chi connectivity index (χ3v) is 4.30. The summed E-state index contributed by atoms with van der Waals surface area (Å²) in [6.45, 7) is -0.690. The highest BCUT2D eigenvalue weighted by Crippen LogP contribution is 2.28. The van der Waals surface area contributed by atoms with Gasteiger partial charge in [0.15, 0.2) is 0 Å². The van der Waals surface area contributed by atoms with Crippen LogP contribution >= 0.6 is 0 Å². The van der Waals surface area contributed by atoms with Crippen LogP contribution < -0.4 is 0 Å². The highest BCUT2D eigenvalue weighted by molar-refractivity contribution is 7.89. The summed E-state index contributed by atoms with van der Waals surface area (Å²) in [4.78, 5) is 8.70. The van der Waals surface area contributed by atoms with E-state index in [1.807, 2.05) is 0 Å². The van der Waals surface area contributed by atoms with Gasteiger partial charge in [0.05, 0.1) is 9.82 Å². The maximum atomic E-state index is 13.5. The van der Waals surface area contributed by atoms with Gasteiger partial charge < -0.3 is 0 Å². The van der Waals surface area contributed by atoms with E-state index in [4.69, 9.17) is 0 Å². The molecule has 0 aliphatic rings. The SMILES string of the molecule is Cc1cc(S(=O)(=O)N(C)CC(F)(F)F)cc([N+](=O)[O-])c1F. The molecule has 0 aromatic heterocycles. The van der Waals surface area contributed by atoms with Crippen LogP contribution in [0.15, 0.2) is 17.0 Å². The molecule has 11 heteroatoms. The van der Waals surface area contributed by atoms with Gasteiger partial charge in [0.2, 0.25) is 15.8 Å². The Morgan fingerprint density at radius 2 is 1.86 bits per heavy atom. The van der Waals surface area contributed by atoms with Crippen LogP contribution in [-0.2, 0) is 10.0 Å². The minimum atomic E-state index is -4.77. The Morgan fingerprint density at radius 3 is 2.29 bits per heavy atom. The van der Waals surface area contributed by atoms with E-state index in [1.54, 1.807) is 0 Å². The molecule has 0 bridgehead atoms. The zero-order valence-corrected chi connectivity index (χ0v) is 11.6. The molecule has 1 aromatic rings. The van der Waals surface area contributed by atoms with Crippen molar-refractivity contribution in [3.8, 4) is 0 Å². The molecule has 0 spiro atoms. The first-order valence-corrected chi connectivity index (χ1v) is 6.78. The number of nitro benzene ring substituents is 1. The molecule has 0 amide bonds. The number of hydrogen-bond donors (Lipinski definition) is 0. The molecular weight excluding hydrogens is 320 g/mol. The summed E-state index contributed by atoms with van der Waals surface area (Å²) in [5.74, 6) is -1.24. The predicted octanol–water partition coefficient (Wildman–Crippen LogP) is 2.23. The Labute approximate surface area is 117 Å². The number of hydrogen-bond acceptors (Lipinski definition) is 4. The summed E-state index contributed by atoms with van der Waals surface area (Å²) in [5.41, 5.74) is -1.47. The summed E-state index contributed by atoms with van der Waals surface area (Å²) in [7, 11) is -3.95. The van der Waals surface area contributed by atoms with Gasteiger partial charge in [-0.15, -0.1) is 0 Å². The van der Waals surface area contributed by atoms with Crippen molar-refractivity contribution in [3.05, 3.63) is 33.6 Å². The smallest absolute Gasteiger partial charge is 0.258 e. The van der Waals surface area contributed by atoms with Crippen molar-refractivity contribution in [2.45, 2.75) is 18.0 Å².